The molecule has 0 aromatic carbocycles. The minimum absolute atomic E-state index is 0.134. The molecule has 5 heteroatoms. The van der Waals surface area contributed by atoms with Crippen molar-refractivity contribution in [1.82, 2.24) is 4.31 Å². The van der Waals surface area contributed by atoms with Gasteiger partial charge in [0.1, 0.15) is 0 Å². The first-order valence-corrected chi connectivity index (χ1v) is 7.10. The maximum Gasteiger partial charge on any atom is 0.214 e. The highest BCUT2D eigenvalue weighted by Crippen LogP contribution is 2.28. The Labute approximate surface area is 92.3 Å². The Bertz CT molecular complexity index is 305. The number of β-amino-alcohol motifs (C(OH)–C–C–N with tert-alkyl or cyclic N) is 1. The molecule has 0 unspecified atom stereocenters. The van der Waals surface area contributed by atoms with Crippen molar-refractivity contribution in [3.8, 4) is 0 Å². The van der Waals surface area contributed by atoms with E-state index in [1.807, 2.05) is 20.8 Å². The van der Waals surface area contributed by atoms with Gasteiger partial charge in [-0.1, -0.05) is 27.2 Å². The lowest BCUT2D eigenvalue weighted by molar-refractivity contribution is -0.0653. The van der Waals surface area contributed by atoms with Crippen LogP contribution in [0.1, 0.15) is 33.6 Å². The first-order chi connectivity index (χ1) is 6.79. The summed E-state index contributed by atoms with van der Waals surface area (Å²) in [5.74, 6) is 0.310. The number of rotatable bonds is 5. The molecule has 0 saturated carbocycles. The molecule has 1 heterocycles. The molecule has 1 rings (SSSR count). The molecule has 1 aliphatic rings. The second kappa shape index (κ2) is 4.39. The smallest absolute Gasteiger partial charge is 0.214 e. The Morgan fingerprint density at radius 3 is 2.33 bits per heavy atom. The summed E-state index contributed by atoms with van der Waals surface area (Å²) in [6.45, 7) is 6.31. The van der Waals surface area contributed by atoms with E-state index in [0.29, 0.717) is 6.42 Å². The van der Waals surface area contributed by atoms with Crippen molar-refractivity contribution in [3.05, 3.63) is 0 Å². The Morgan fingerprint density at radius 2 is 1.93 bits per heavy atom. The fourth-order valence-electron chi connectivity index (χ4n) is 1.96. The summed E-state index contributed by atoms with van der Waals surface area (Å²) in [7, 11) is -3.14. The largest absolute Gasteiger partial charge is 0.387 e. The molecule has 0 radical (unpaired) electrons. The Balaban J connectivity index is 2.51. The number of aliphatic hydroxyl groups is 1. The van der Waals surface area contributed by atoms with Gasteiger partial charge >= 0.3 is 0 Å². The average Bonchev–Trinajstić information content (AvgIpc) is 1.97. The quantitative estimate of drug-likeness (QED) is 0.767. The van der Waals surface area contributed by atoms with Crippen LogP contribution in [0.25, 0.3) is 0 Å². The summed E-state index contributed by atoms with van der Waals surface area (Å²) in [5, 5.41) is 9.87. The normalized spacial score (nSPS) is 21.7. The van der Waals surface area contributed by atoms with E-state index >= 15 is 0 Å². The fraction of sp³-hybridized carbons (Fsp3) is 1.00. The van der Waals surface area contributed by atoms with Crippen molar-refractivity contribution in [2.75, 3.05) is 18.8 Å². The van der Waals surface area contributed by atoms with Crippen LogP contribution in [0.15, 0.2) is 0 Å². The third kappa shape index (κ3) is 3.16. The molecule has 90 valence electrons. The van der Waals surface area contributed by atoms with E-state index < -0.39 is 15.6 Å². The highest BCUT2D eigenvalue weighted by atomic mass is 32.2. The second-order valence-electron chi connectivity index (χ2n) is 4.91. The first kappa shape index (κ1) is 12.9. The molecule has 4 nitrogen and oxygen atoms in total. The number of hydrogen-bond donors (Lipinski definition) is 1. The summed E-state index contributed by atoms with van der Waals surface area (Å²) in [4.78, 5) is 0. The summed E-state index contributed by atoms with van der Waals surface area (Å²) in [6.07, 6.45) is 1.56. The zero-order valence-corrected chi connectivity index (χ0v) is 10.5. The molecule has 0 aromatic rings. The minimum Gasteiger partial charge on any atom is -0.387 e. The van der Waals surface area contributed by atoms with Gasteiger partial charge < -0.3 is 5.11 Å². The standard InChI is InChI=1S/C10H21NO3S/c1-4-5-10(12)7-11(8-10)15(13,14)6-9(2)3/h9,12H,4-8H2,1-3H3. The van der Waals surface area contributed by atoms with Crippen LogP contribution in [0.4, 0.5) is 0 Å². The van der Waals surface area contributed by atoms with E-state index in [-0.39, 0.29) is 24.8 Å². The topological polar surface area (TPSA) is 57.6 Å². The fourth-order valence-corrected chi connectivity index (χ4v) is 3.88. The zero-order valence-electron chi connectivity index (χ0n) is 9.73. The number of hydrogen-bond acceptors (Lipinski definition) is 3. The molecule has 1 aliphatic heterocycles. The highest BCUT2D eigenvalue weighted by Gasteiger charge is 2.45. The minimum atomic E-state index is -3.14. The molecule has 0 bridgehead atoms. The van der Waals surface area contributed by atoms with Crippen LogP contribution in [0, 0.1) is 5.92 Å². The molecular formula is C10H21NO3S. The Hall–Kier alpha value is -0.130. The van der Waals surface area contributed by atoms with E-state index in [2.05, 4.69) is 0 Å². The van der Waals surface area contributed by atoms with E-state index in [4.69, 9.17) is 0 Å². The van der Waals surface area contributed by atoms with Gasteiger partial charge in [-0.05, 0) is 12.3 Å². The van der Waals surface area contributed by atoms with Crippen molar-refractivity contribution < 1.29 is 13.5 Å². The van der Waals surface area contributed by atoms with Crippen LogP contribution in [-0.4, -0.2) is 42.3 Å². The predicted octanol–water partition coefficient (Wildman–Crippen LogP) is 0.819. The number of nitrogens with zero attached hydrogens (tertiary/aromatic N) is 1. The van der Waals surface area contributed by atoms with Crippen LogP contribution >= 0.6 is 0 Å². The highest BCUT2D eigenvalue weighted by molar-refractivity contribution is 7.89. The van der Waals surface area contributed by atoms with Gasteiger partial charge in [0.05, 0.1) is 11.4 Å². The third-order valence-electron chi connectivity index (χ3n) is 2.59. The summed E-state index contributed by atoms with van der Waals surface area (Å²) in [5.41, 5.74) is -0.765. The molecule has 1 fully saturated rings. The van der Waals surface area contributed by atoms with Gasteiger partial charge in [-0.15, -0.1) is 0 Å². The van der Waals surface area contributed by atoms with Crippen molar-refractivity contribution in [1.29, 1.82) is 0 Å². The molecule has 0 aliphatic carbocycles. The predicted molar refractivity (Wildman–Crippen MR) is 60.1 cm³/mol. The van der Waals surface area contributed by atoms with Crippen molar-refractivity contribution in [2.24, 2.45) is 5.92 Å². The molecule has 0 atom stereocenters. The maximum absolute atomic E-state index is 11.7. The Morgan fingerprint density at radius 1 is 1.40 bits per heavy atom. The molecule has 0 amide bonds. The number of sulfonamides is 1. The zero-order chi connectivity index (χ0) is 11.7. The summed E-state index contributed by atoms with van der Waals surface area (Å²) in [6, 6.07) is 0. The molecule has 1 saturated heterocycles. The van der Waals surface area contributed by atoms with Gasteiger partial charge in [0.15, 0.2) is 0 Å². The van der Waals surface area contributed by atoms with Crippen LogP contribution in [0.5, 0.6) is 0 Å². The van der Waals surface area contributed by atoms with Gasteiger partial charge in [-0.3, -0.25) is 0 Å². The van der Waals surface area contributed by atoms with Crippen molar-refractivity contribution >= 4 is 10.0 Å². The average molecular weight is 235 g/mol. The van der Waals surface area contributed by atoms with Gasteiger partial charge in [-0.25, -0.2) is 8.42 Å². The van der Waals surface area contributed by atoms with Gasteiger partial charge in [0.25, 0.3) is 0 Å². The van der Waals surface area contributed by atoms with E-state index in [1.165, 1.54) is 4.31 Å². The summed E-state index contributed by atoms with van der Waals surface area (Å²) < 4.78 is 24.9. The van der Waals surface area contributed by atoms with Gasteiger partial charge in [-0.2, -0.15) is 4.31 Å². The summed E-state index contributed by atoms with van der Waals surface area (Å²) >= 11 is 0. The molecule has 1 N–H and O–H groups in total. The SMILES string of the molecule is CCCC1(O)CN(S(=O)(=O)CC(C)C)C1. The Kier molecular flexibility index (Phi) is 3.79. The molecule has 0 spiro atoms. The molecule has 0 aromatic heterocycles. The first-order valence-electron chi connectivity index (χ1n) is 5.49. The molecule has 15 heavy (non-hydrogen) atoms. The van der Waals surface area contributed by atoms with Gasteiger partial charge in [0, 0.05) is 13.1 Å². The lowest BCUT2D eigenvalue weighted by atomic mass is 9.92. The molecular weight excluding hydrogens is 214 g/mol. The van der Waals surface area contributed by atoms with Crippen LogP contribution in [0.2, 0.25) is 0 Å². The third-order valence-corrected chi connectivity index (χ3v) is 4.73. The van der Waals surface area contributed by atoms with E-state index in [1.54, 1.807) is 0 Å². The van der Waals surface area contributed by atoms with E-state index in [9.17, 15) is 13.5 Å². The lowest BCUT2D eigenvalue weighted by Crippen LogP contribution is -2.63. The van der Waals surface area contributed by atoms with E-state index in [0.717, 1.165) is 6.42 Å². The maximum atomic E-state index is 11.7. The van der Waals surface area contributed by atoms with Gasteiger partial charge in [0.2, 0.25) is 10.0 Å². The van der Waals surface area contributed by atoms with Crippen molar-refractivity contribution in [3.63, 3.8) is 0 Å². The monoisotopic (exact) mass is 235 g/mol. The lowest BCUT2D eigenvalue weighted by Gasteiger charge is -2.45. The second-order valence-corrected chi connectivity index (χ2v) is 6.93. The van der Waals surface area contributed by atoms with Crippen molar-refractivity contribution in [2.45, 2.75) is 39.2 Å². The van der Waals surface area contributed by atoms with Crippen LogP contribution < -0.4 is 0 Å². The van der Waals surface area contributed by atoms with Crippen LogP contribution in [0.3, 0.4) is 0 Å². The van der Waals surface area contributed by atoms with Crippen LogP contribution in [-0.2, 0) is 10.0 Å².